The van der Waals surface area contributed by atoms with E-state index < -0.39 is 0 Å². The molecule has 3 rings (SSSR count). The second-order valence-corrected chi connectivity index (χ2v) is 5.66. The van der Waals surface area contributed by atoms with Crippen molar-refractivity contribution in [3.63, 3.8) is 0 Å². The van der Waals surface area contributed by atoms with Crippen molar-refractivity contribution in [3.05, 3.63) is 23.8 Å². The monoisotopic (exact) mass is 290 g/mol. The van der Waals surface area contributed by atoms with E-state index in [1.807, 2.05) is 23.1 Å². The van der Waals surface area contributed by atoms with Gasteiger partial charge in [-0.15, -0.1) is 0 Å². The van der Waals surface area contributed by atoms with Crippen molar-refractivity contribution in [2.24, 2.45) is 5.92 Å². The minimum Gasteiger partial charge on any atom is -0.493 e. The van der Waals surface area contributed by atoms with Gasteiger partial charge in [-0.3, -0.25) is 4.79 Å². The summed E-state index contributed by atoms with van der Waals surface area (Å²) in [5.74, 6) is 1.89. The fourth-order valence-electron chi connectivity index (χ4n) is 3.13. The summed E-state index contributed by atoms with van der Waals surface area (Å²) in [6.45, 7) is 2.48. The quantitative estimate of drug-likeness (QED) is 0.915. The van der Waals surface area contributed by atoms with E-state index in [4.69, 9.17) is 9.47 Å². The van der Waals surface area contributed by atoms with Crippen molar-refractivity contribution in [2.45, 2.75) is 18.9 Å². The van der Waals surface area contributed by atoms with Crippen LogP contribution in [-0.2, 0) is 4.79 Å². The molecule has 0 spiro atoms. The van der Waals surface area contributed by atoms with Gasteiger partial charge in [0.25, 0.3) is 0 Å². The lowest BCUT2D eigenvalue weighted by Crippen LogP contribution is -2.51. The molecule has 5 heteroatoms. The van der Waals surface area contributed by atoms with Gasteiger partial charge in [0.15, 0.2) is 11.5 Å². The van der Waals surface area contributed by atoms with Crippen LogP contribution in [-0.4, -0.2) is 44.7 Å². The van der Waals surface area contributed by atoms with Gasteiger partial charge in [-0.2, -0.15) is 0 Å². The standard InChI is InChI=1S/C16H22N2O3/c1-20-14-6-5-11(8-15(14)21-2)13-4-3-7-18(13)16(19)12-9-17-10-12/h5-6,8,12-13,17H,3-4,7,9-10H2,1-2H3. The molecule has 1 unspecified atom stereocenters. The molecule has 2 aliphatic heterocycles. The van der Waals surface area contributed by atoms with E-state index in [0.29, 0.717) is 0 Å². The summed E-state index contributed by atoms with van der Waals surface area (Å²) in [5, 5.41) is 3.17. The number of ether oxygens (including phenoxy) is 2. The summed E-state index contributed by atoms with van der Waals surface area (Å²) >= 11 is 0. The summed E-state index contributed by atoms with van der Waals surface area (Å²) in [7, 11) is 3.27. The van der Waals surface area contributed by atoms with Crippen molar-refractivity contribution < 1.29 is 14.3 Å². The van der Waals surface area contributed by atoms with Gasteiger partial charge in [-0.25, -0.2) is 0 Å². The van der Waals surface area contributed by atoms with Crippen LogP contribution in [0.2, 0.25) is 0 Å². The second-order valence-electron chi connectivity index (χ2n) is 5.66. The number of rotatable bonds is 4. The molecule has 2 aliphatic rings. The van der Waals surface area contributed by atoms with Crippen LogP contribution in [0.4, 0.5) is 0 Å². The summed E-state index contributed by atoms with van der Waals surface area (Å²) in [4.78, 5) is 14.6. The molecule has 114 valence electrons. The molecule has 21 heavy (non-hydrogen) atoms. The van der Waals surface area contributed by atoms with Gasteiger partial charge in [0.05, 0.1) is 26.2 Å². The third-order valence-electron chi connectivity index (χ3n) is 4.46. The van der Waals surface area contributed by atoms with Gasteiger partial charge >= 0.3 is 0 Å². The molecular weight excluding hydrogens is 268 g/mol. The minimum absolute atomic E-state index is 0.158. The third-order valence-corrected chi connectivity index (χ3v) is 4.46. The molecule has 0 radical (unpaired) electrons. The summed E-state index contributed by atoms with van der Waals surface area (Å²) in [6, 6.07) is 6.11. The van der Waals surface area contributed by atoms with E-state index in [2.05, 4.69) is 5.32 Å². The maximum absolute atomic E-state index is 12.5. The fourth-order valence-corrected chi connectivity index (χ4v) is 3.13. The summed E-state index contributed by atoms with van der Waals surface area (Å²) in [5.41, 5.74) is 1.13. The Kier molecular flexibility index (Phi) is 4.01. The zero-order chi connectivity index (χ0) is 14.8. The highest BCUT2D eigenvalue weighted by Gasteiger charge is 2.36. The Morgan fingerprint density at radius 2 is 2.00 bits per heavy atom. The molecule has 5 nitrogen and oxygen atoms in total. The molecule has 2 saturated heterocycles. The lowest BCUT2D eigenvalue weighted by atomic mass is 9.99. The number of carbonyl (C=O) groups is 1. The number of amides is 1. The van der Waals surface area contributed by atoms with Crippen LogP contribution in [0.5, 0.6) is 11.5 Å². The van der Waals surface area contributed by atoms with Crippen molar-refractivity contribution in [1.82, 2.24) is 10.2 Å². The Balaban J connectivity index is 1.82. The molecular formula is C16H22N2O3. The van der Waals surface area contributed by atoms with Crippen LogP contribution in [0.3, 0.4) is 0 Å². The van der Waals surface area contributed by atoms with Gasteiger partial charge in [-0.05, 0) is 30.5 Å². The van der Waals surface area contributed by atoms with Crippen LogP contribution < -0.4 is 14.8 Å². The Morgan fingerprint density at radius 3 is 2.62 bits per heavy atom. The largest absolute Gasteiger partial charge is 0.493 e. The van der Waals surface area contributed by atoms with Crippen LogP contribution in [0, 0.1) is 5.92 Å². The molecule has 1 atom stereocenters. The first-order chi connectivity index (χ1) is 10.2. The van der Waals surface area contributed by atoms with Crippen LogP contribution in [0.15, 0.2) is 18.2 Å². The average Bonchev–Trinajstić information content (AvgIpc) is 2.94. The molecule has 0 aromatic heterocycles. The van der Waals surface area contributed by atoms with Crippen LogP contribution in [0.1, 0.15) is 24.4 Å². The zero-order valence-electron chi connectivity index (χ0n) is 12.6. The number of likely N-dealkylation sites (tertiary alicyclic amines) is 1. The van der Waals surface area contributed by atoms with E-state index in [0.717, 1.165) is 49.5 Å². The maximum Gasteiger partial charge on any atom is 0.228 e. The van der Waals surface area contributed by atoms with E-state index >= 15 is 0 Å². The SMILES string of the molecule is COc1ccc(C2CCCN2C(=O)C2CNC2)cc1OC. The minimum atomic E-state index is 0.158. The van der Waals surface area contributed by atoms with Crippen LogP contribution in [0.25, 0.3) is 0 Å². The van der Waals surface area contributed by atoms with Crippen molar-refractivity contribution in [2.75, 3.05) is 33.9 Å². The van der Waals surface area contributed by atoms with E-state index in [1.54, 1.807) is 14.2 Å². The van der Waals surface area contributed by atoms with Crippen LogP contribution >= 0.6 is 0 Å². The van der Waals surface area contributed by atoms with E-state index in [1.165, 1.54) is 0 Å². The number of nitrogens with one attached hydrogen (secondary N) is 1. The third kappa shape index (κ3) is 2.58. The Morgan fingerprint density at radius 1 is 1.24 bits per heavy atom. The highest BCUT2D eigenvalue weighted by atomic mass is 16.5. The van der Waals surface area contributed by atoms with Gasteiger partial charge in [0.1, 0.15) is 0 Å². The smallest absolute Gasteiger partial charge is 0.228 e. The first-order valence-electron chi connectivity index (χ1n) is 7.47. The summed E-state index contributed by atoms with van der Waals surface area (Å²) < 4.78 is 10.7. The molecule has 0 saturated carbocycles. The predicted molar refractivity (Wildman–Crippen MR) is 79.6 cm³/mol. The maximum atomic E-state index is 12.5. The number of hydrogen-bond donors (Lipinski definition) is 1. The molecule has 0 aliphatic carbocycles. The van der Waals surface area contributed by atoms with E-state index in [9.17, 15) is 4.79 Å². The van der Waals surface area contributed by atoms with Gasteiger partial charge in [0, 0.05) is 19.6 Å². The van der Waals surface area contributed by atoms with Crippen molar-refractivity contribution in [3.8, 4) is 11.5 Å². The van der Waals surface area contributed by atoms with Gasteiger partial charge in [-0.1, -0.05) is 6.07 Å². The Labute approximate surface area is 125 Å². The highest BCUT2D eigenvalue weighted by molar-refractivity contribution is 5.81. The lowest BCUT2D eigenvalue weighted by molar-refractivity contribution is -0.138. The normalized spacial score (nSPS) is 22.0. The van der Waals surface area contributed by atoms with E-state index in [-0.39, 0.29) is 17.9 Å². The summed E-state index contributed by atoms with van der Waals surface area (Å²) in [6.07, 6.45) is 2.08. The molecule has 1 aromatic rings. The molecule has 2 fully saturated rings. The van der Waals surface area contributed by atoms with Crippen molar-refractivity contribution >= 4 is 5.91 Å². The molecule has 1 amide bonds. The molecule has 1 aromatic carbocycles. The first-order valence-corrected chi connectivity index (χ1v) is 7.47. The van der Waals surface area contributed by atoms with Crippen molar-refractivity contribution in [1.29, 1.82) is 0 Å². The zero-order valence-corrected chi connectivity index (χ0v) is 12.6. The predicted octanol–water partition coefficient (Wildman–Crippen LogP) is 1.59. The highest BCUT2D eigenvalue weighted by Crippen LogP contribution is 2.37. The second kappa shape index (κ2) is 5.93. The Bertz CT molecular complexity index is 528. The molecule has 2 heterocycles. The molecule has 1 N–H and O–H groups in total. The Hall–Kier alpha value is -1.75. The lowest BCUT2D eigenvalue weighted by Gasteiger charge is -2.33. The molecule has 0 bridgehead atoms. The number of carbonyl (C=O) groups excluding carboxylic acids is 1. The number of hydrogen-bond acceptors (Lipinski definition) is 4. The van der Waals surface area contributed by atoms with Gasteiger partial charge in [0.2, 0.25) is 5.91 Å². The topological polar surface area (TPSA) is 50.8 Å². The number of nitrogens with zero attached hydrogens (tertiary/aromatic N) is 1. The first kappa shape index (κ1) is 14.2. The fraction of sp³-hybridized carbons (Fsp3) is 0.562. The average molecular weight is 290 g/mol. The van der Waals surface area contributed by atoms with Gasteiger partial charge < -0.3 is 19.7 Å². The number of methoxy groups -OCH3 is 2. The number of benzene rings is 1.